The van der Waals surface area contributed by atoms with Crippen LogP contribution in [-0.2, 0) is 16.0 Å². The second-order valence-electron chi connectivity index (χ2n) is 11.0. The van der Waals surface area contributed by atoms with E-state index in [1.165, 1.54) is 23.7 Å². The first-order chi connectivity index (χ1) is 20.9. The highest BCUT2D eigenvalue weighted by atomic mass is 32.1. The molecule has 0 bridgehead atoms. The smallest absolute Gasteiger partial charge is 0.324 e. The van der Waals surface area contributed by atoms with E-state index in [4.69, 9.17) is 14.6 Å². The first-order valence-corrected chi connectivity index (χ1v) is 15.3. The van der Waals surface area contributed by atoms with Gasteiger partial charge < -0.3 is 14.8 Å². The van der Waals surface area contributed by atoms with Gasteiger partial charge in [0.05, 0.1) is 34.7 Å². The molecule has 2 N–H and O–H groups in total. The highest BCUT2D eigenvalue weighted by molar-refractivity contribution is 7.19. The Balaban J connectivity index is 1.05. The zero-order valence-electron chi connectivity index (χ0n) is 24.2. The number of hydrogen-bond acceptors (Lipinski definition) is 9. The number of aromatic nitrogens is 5. The van der Waals surface area contributed by atoms with Gasteiger partial charge in [-0.25, -0.2) is 24.4 Å². The Morgan fingerprint density at radius 2 is 1.86 bits per heavy atom. The average Bonchev–Trinajstić information content (AvgIpc) is 3.75. The Labute approximate surface area is 253 Å². The Morgan fingerprint density at radius 1 is 1.09 bits per heavy atom. The summed E-state index contributed by atoms with van der Waals surface area (Å²) in [6, 6.07) is 9.38. The number of rotatable bonds is 9. The van der Waals surface area contributed by atoms with Crippen LogP contribution in [0, 0.1) is 5.92 Å². The lowest BCUT2D eigenvalue weighted by Gasteiger charge is -2.24. The standard InChI is InChI=1S/C30H34N8O4S/c1-19(2)14-21-15-26(38(36-21)23-9-12-41-13-10-23)35-28(40)34-22-16-31-29(32-17-22)42-24-7-5-20(6-8-24)25-18-33-30(43-25)37-11-3-4-27(37)39/h5-8,15-19,23H,3-4,9-14H2,1-2H3,(H2,34,35,40). The normalized spacial score (nSPS) is 15.7. The number of urea groups is 1. The number of ether oxygens (including phenoxy) is 2. The lowest BCUT2D eigenvalue weighted by Crippen LogP contribution is -2.25. The zero-order chi connectivity index (χ0) is 29.8. The second kappa shape index (κ2) is 12.9. The largest absolute Gasteiger partial charge is 0.424 e. The minimum Gasteiger partial charge on any atom is -0.424 e. The van der Waals surface area contributed by atoms with Crippen molar-refractivity contribution in [3.63, 3.8) is 0 Å². The fraction of sp³-hybridized carbons (Fsp3) is 0.400. The van der Waals surface area contributed by atoms with E-state index in [1.807, 2.05) is 35.0 Å². The molecule has 3 amide bonds. The van der Waals surface area contributed by atoms with Gasteiger partial charge in [-0.15, -0.1) is 0 Å². The van der Waals surface area contributed by atoms with Crippen LogP contribution in [0.1, 0.15) is 51.3 Å². The van der Waals surface area contributed by atoms with Crippen LogP contribution < -0.4 is 20.3 Å². The number of benzene rings is 1. The van der Waals surface area contributed by atoms with Gasteiger partial charge in [0.25, 0.3) is 0 Å². The molecule has 0 unspecified atom stereocenters. The van der Waals surface area contributed by atoms with Gasteiger partial charge in [-0.05, 0) is 61.4 Å². The number of nitrogens with zero attached hydrogens (tertiary/aromatic N) is 6. The van der Waals surface area contributed by atoms with Gasteiger partial charge >= 0.3 is 12.0 Å². The minimum absolute atomic E-state index is 0.125. The molecular weight excluding hydrogens is 568 g/mol. The maximum atomic E-state index is 12.9. The molecule has 0 aliphatic carbocycles. The summed E-state index contributed by atoms with van der Waals surface area (Å²) in [5, 5.41) is 11.2. The van der Waals surface area contributed by atoms with E-state index in [0.29, 0.717) is 42.8 Å². The van der Waals surface area contributed by atoms with Crippen molar-refractivity contribution in [2.75, 3.05) is 35.3 Å². The number of amides is 3. The van der Waals surface area contributed by atoms with Gasteiger partial charge in [0, 0.05) is 38.4 Å². The van der Waals surface area contributed by atoms with Crippen molar-refractivity contribution in [2.24, 2.45) is 5.92 Å². The molecular formula is C30H34N8O4S. The van der Waals surface area contributed by atoms with Crippen LogP contribution in [-0.4, -0.2) is 56.4 Å². The maximum absolute atomic E-state index is 12.9. The molecule has 3 aromatic heterocycles. The van der Waals surface area contributed by atoms with Gasteiger partial charge in [-0.2, -0.15) is 5.10 Å². The summed E-state index contributed by atoms with van der Waals surface area (Å²) in [4.78, 5) is 40.5. The van der Waals surface area contributed by atoms with Crippen molar-refractivity contribution in [2.45, 2.75) is 52.0 Å². The van der Waals surface area contributed by atoms with Crippen molar-refractivity contribution in [1.82, 2.24) is 24.7 Å². The molecule has 2 aliphatic heterocycles. The van der Waals surface area contributed by atoms with Gasteiger partial charge in [0.1, 0.15) is 11.6 Å². The van der Waals surface area contributed by atoms with Crippen molar-refractivity contribution in [3.8, 4) is 22.2 Å². The van der Waals surface area contributed by atoms with E-state index in [2.05, 4.69) is 39.4 Å². The summed E-state index contributed by atoms with van der Waals surface area (Å²) in [5.41, 5.74) is 2.35. The molecule has 0 atom stereocenters. The number of carbonyl (C=O) groups excluding carboxylic acids is 2. The third-order valence-corrected chi connectivity index (χ3v) is 8.28. The summed E-state index contributed by atoms with van der Waals surface area (Å²) in [6.07, 6.45) is 8.76. The van der Waals surface area contributed by atoms with Crippen molar-refractivity contribution in [3.05, 3.63) is 54.6 Å². The molecule has 2 saturated heterocycles. The molecule has 1 aromatic carbocycles. The molecule has 2 aliphatic rings. The topological polar surface area (TPSA) is 136 Å². The molecule has 224 valence electrons. The SMILES string of the molecule is CC(C)Cc1cc(NC(=O)Nc2cnc(Oc3ccc(-c4cnc(N5CCCC5=O)s4)cc3)nc2)n(C2CCOCC2)n1. The highest BCUT2D eigenvalue weighted by Crippen LogP contribution is 2.34. The Morgan fingerprint density at radius 3 is 2.56 bits per heavy atom. The zero-order valence-corrected chi connectivity index (χ0v) is 25.0. The molecule has 13 heteroatoms. The van der Waals surface area contributed by atoms with Crippen LogP contribution in [0.4, 0.5) is 21.4 Å². The number of anilines is 3. The first kappa shape index (κ1) is 28.7. The third kappa shape index (κ3) is 7.00. The van der Waals surface area contributed by atoms with Gasteiger partial charge in [0.2, 0.25) is 5.91 Å². The summed E-state index contributed by atoms with van der Waals surface area (Å²) in [6.45, 7) is 6.38. The molecule has 12 nitrogen and oxygen atoms in total. The average molecular weight is 603 g/mol. The quantitative estimate of drug-likeness (QED) is 0.241. The van der Waals surface area contributed by atoms with Crippen molar-refractivity contribution >= 4 is 39.9 Å². The fourth-order valence-corrected chi connectivity index (χ4v) is 6.11. The summed E-state index contributed by atoms with van der Waals surface area (Å²) < 4.78 is 13.2. The highest BCUT2D eigenvalue weighted by Gasteiger charge is 2.25. The molecule has 2 fully saturated rings. The van der Waals surface area contributed by atoms with Crippen LogP contribution in [0.15, 0.2) is 48.9 Å². The number of hydrogen-bond donors (Lipinski definition) is 2. The van der Waals surface area contributed by atoms with Gasteiger partial charge in [0.15, 0.2) is 5.13 Å². The molecule has 6 rings (SSSR count). The van der Waals surface area contributed by atoms with E-state index < -0.39 is 6.03 Å². The van der Waals surface area contributed by atoms with Crippen LogP contribution in [0.25, 0.3) is 10.4 Å². The van der Waals surface area contributed by atoms with Gasteiger partial charge in [-0.3, -0.25) is 15.0 Å². The lowest BCUT2D eigenvalue weighted by atomic mass is 10.1. The first-order valence-electron chi connectivity index (χ1n) is 14.5. The molecule has 0 saturated carbocycles. The molecule has 0 spiro atoms. The van der Waals surface area contributed by atoms with E-state index in [0.717, 1.165) is 53.5 Å². The van der Waals surface area contributed by atoms with E-state index in [1.54, 1.807) is 11.1 Å². The summed E-state index contributed by atoms with van der Waals surface area (Å²) >= 11 is 1.49. The van der Waals surface area contributed by atoms with Crippen LogP contribution in [0.3, 0.4) is 0 Å². The van der Waals surface area contributed by atoms with Crippen molar-refractivity contribution < 1.29 is 19.1 Å². The fourth-order valence-electron chi connectivity index (χ4n) is 5.14. The van der Waals surface area contributed by atoms with Crippen LogP contribution in [0.5, 0.6) is 11.8 Å². The monoisotopic (exact) mass is 602 g/mol. The number of thiazole rings is 1. The van der Waals surface area contributed by atoms with E-state index in [-0.39, 0.29) is 18.0 Å². The Kier molecular flexibility index (Phi) is 8.61. The number of carbonyl (C=O) groups is 2. The number of nitrogens with one attached hydrogen (secondary N) is 2. The molecule has 4 aromatic rings. The van der Waals surface area contributed by atoms with Gasteiger partial charge in [-0.1, -0.05) is 25.2 Å². The maximum Gasteiger partial charge on any atom is 0.324 e. The third-order valence-electron chi connectivity index (χ3n) is 7.21. The summed E-state index contributed by atoms with van der Waals surface area (Å²) in [7, 11) is 0. The van der Waals surface area contributed by atoms with Crippen LogP contribution >= 0.6 is 11.3 Å². The second-order valence-corrected chi connectivity index (χ2v) is 12.0. The lowest BCUT2D eigenvalue weighted by molar-refractivity contribution is -0.117. The van der Waals surface area contributed by atoms with E-state index >= 15 is 0 Å². The minimum atomic E-state index is -0.405. The summed E-state index contributed by atoms with van der Waals surface area (Å²) in [5.74, 6) is 1.80. The Hall–Kier alpha value is -4.36. The Bertz CT molecular complexity index is 1560. The van der Waals surface area contributed by atoms with E-state index in [9.17, 15) is 9.59 Å². The van der Waals surface area contributed by atoms with Crippen LogP contribution in [0.2, 0.25) is 0 Å². The predicted octanol–water partition coefficient (Wildman–Crippen LogP) is 5.91. The predicted molar refractivity (Wildman–Crippen MR) is 164 cm³/mol. The molecule has 5 heterocycles. The van der Waals surface area contributed by atoms with Crippen molar-refractivity contribution in [1.29, 1.82) is 0 Å². The molecule has 0 radical (unpaired) electrons. The molecule has 43 heavy (non-hydrogen) atoms.